The summed E-state index contributed by atoms with van der Waals surface area (Å²) in [4.78, 5) is 4.57. The van der Waals surface area contributed by atoms with Gasteiger partial charge in [0.25, 0.3) is 0 Å². The van der Waals surface area contributed by atoms with E-state index in [1.165, 1.54) is 12.0 Å². The van der Waals surface area contributed by atoms with Crippen LogP contribution >= 0.6 is 0 Å². The Balaban J connectivity index is 1.83. The number of ether oxygens (including phenoxy) is 1. The summed E-state index contributed by atoms with van der Waals surface area (Å²) in [7, 11) is 4.23. The van der Waals surface area contributed by atoms with Crippen molar-refractivity contribution >= 4 is 0 Å². The lowest BCUT2D eigenvalue weighted by molar-refractivity contribution is 0.0921. The van der Waals surface area contributed by atoms with Crippen LogP contribution in [0.1, 0.15) is 12.0 Å². The van der Waals surface area contributed by atoms with Crippen molar-refractivity contribution in [3.63, 3.8) is 0 Å². The van der Waals surface area contributed by atoms with Gasteiger partial charge in [-0.3, -0.25) is 4.90 Å². The summed E-state index contributed by atoms with van der Waals surface area (Å²) in [5.74, 6) is 1.05. The Hall–Kier alpha value is -1.06. The molecule has 0 saturated carbocycles. The van der Waals surface area contributed by atoms with Crippen LogP contribution in [0.3, 0.4) is 0 Å². The van der Waals surface area contributed by atoms with Crippen molar-refractivity contribution in [1.82, 2.24) is 9.80 Å². The van der Waals surface area contributed by atoms with Crippen molar-refractivity contribution < 1.29 is 4.74 Å². The third-order valence-electron chi connectivity index (χ3n) is 2.85. The Morgan fingerprint density at radius 1 is 1.31 bits per heavy atom. The molecule has 0 radical (unpaired) electrons. The minimum atomic E-state index is 0.727. The number of hydrogen-bond acceptors (Lipinski definition) is 3. The first-order valence-corrected chi connectivity index (χ1v) is 5.83. The van der Waals surface area contributed by atoms with E-state index in [1.807, 2.05) is 12.1 Å². The summed E-state index contributed by atoms with van der Waals surface area (Å²) in [6, 6.07) is 8.30. The van der Waals surface area contributed by atoms with Crippen LogP contribution in [0.2, 0.25) is 0 Å². The van der Waals surface area contributed by atoms with E-state index in [0.29, 0.717) is 0 Å². The van der Waals surface area contributed by atoms with Gasteiger partial charge in [0.1, 0.15) is 12.5 Å². The lowest BCUT2D eigenvalue weighted by Gasteiger charge is -2.29. The molecule has 2 rings (SSSR count). The van der Waals surface area contributed by atoms with Crippen LogP contribution in [0.15, 0.2) is 24.3 Å². The fraction of sp³-hybridized carbons (Fsp3) is 0.538. The zero-order chi connectivity index (χ0) is 11.4. The minimum absolute atomic E-state index is 0.727. The van der Waals surface area contributed by atoms with Crippen molar-refractivity contribution in [2.45, 2.75) is 13.0 Å². The van der Waals surface area contributed by atoms with Gasteiger partial charge in [0, 0.05) is 18.7 Å². The number of hydrogen-bond donors (Lipinski definition) is 0. The summed E-state index contributed by atoms with van der Waals surface area (Å²) < 4.78 is 5.71. The van der Waals surface area contributed by atoms with Gasteiger partial charge >= 0.3 is 0 Å². The molecule has 1 aromatic rings. The molecule has 1 aliphatic rings. The predicted molar refractivity (Wildman–Crippen MR) is 65.5 cm³/mol. The van der Waals surface area contributed by atoms with Crippen LogP contribution in [-0.4, -0.2) is 43.7 Å². The third-order valence-corrected chi connectivity index (χ3v) is 2.85. The molecule has 88 valence electrons. The van der Waals surface area contributed by atoms with E-state index >= 15 is 0 Å². The second-order valence-corrected chi connectivity index (χ2v) is 4.59. The average molecular weight is 220 g/mol. The molecule has 0 N–H and O–H groups in total. The molecule has 0 spiro atoms. The van der Waals surface area contributed by atoms with Crippen LogP contribution in [0.4, 0.5) is 0 Å². The molecule has 0 bridgehead atoms. The van der Waals surface area contributed by atoms with Crippen LogP contribution in [0.5, 0.6) is 5.75 Å². The number of para-hydroxylation sites is 1. The second kappa shape index (κ2) is 5.32. The molecule has 1 aromatic carbocycles. The normalized spacial score (nSPS) is 15.9. The van der Waals surface area contributed by atoms with Crippen molar-refractivity contribution in [3.05, 3.63) is 29.8 Å². The second-order valence-electron chi connectivity index (χ2n) is 4.59. The Morgan fingerprint density at radius 3 is 2.94 bits per heavy atom. The summed E-state index contributed by atoms with van der Waals surface area (Å²) in [5.41, 5.74) is 1.30. The Morgan fingerprint density at radius 2 is 2.12 bits per heavy atom. The smallest absolute Gasteiger partial charge is 0.142 e. The largest absolute Gasteiger partial charge is 0.478 e. The molecular formula is C13H20N2O. The van der Waals surface area contributed by atoms with Gasteiger partial charge in [0.05, 0.1) is 0 Å². The van der Waals surface area contributed by atoms with Crippen LogP contribution in [0, 0.1) is 0 Å². The van der Waals surface area contributed by atoms with Gasteiger partial charge in [-0.25, -0.2) is 0 Å². The van der Waals surface area contributed by atoms with Gasteiger partial charge in [-0.15, -0.1) is 0 Å². The monoisotopic (exact) mass is 220 g/mol. The molecule has 0 fully saturated rings. The Kier molecular flexibility index (Phi) is 3.80. The van der Waals surface area contributed by atoms with Crippen molar-refractivity contribution in [3.8, 4) is 5.75 Å². The van der Waals surface area contributed by atoms with E-state index in [2.05, 4.69) is 36.0 Å². The van der Waals surface area contributed by atoms with Gasteiger partial charge in [0.2, 0.25) is 0 Å². The van der Waals surface area contributed by atoms with Gasteiger partial charge < -0.3 is 9.64 Å². The van der Waals surface area contributed by atoms with Crippen molar-refractivity contribution in [1.29, 1.82) is 0 Å². The molecule has 0 atom stereocenters. The van der Waals surface area contributed by atoms with E-state index in [4.69, 9.17) is 4.74 Å². The fourth-order valence-electron chi connectivity index (χ4n) is 1.98. The van der Waals surface area contributed by atoms with E-state index in [9.17, 15) is 0 Å². The number of nitrogens with zero attached hydrogens (tertiary/aromatic N) is 2. The molecule has 3 nitrogen and oxygen atoms in total. The topological polar surface area (TPSA) is 15.7 Å². The van der Waals surface area contributed by atoms with E-state index < -0.39 is 0 Å². The maximum atomic E-state index is 5.71. The summed E-state index contributed by atoms with van der Waals surface area (Å²) in [6.07, 6.45) is 1.19. The molecule has 3 heteroatoms. The molecular weight excluding hydrogens is 200 g/mol. The zero-order valence-electron chi connectivity index (χ0n) is 10.1. The lowest BCUT2D eigenvalue weighted by atomic mass is 10.1. The highest BCUT2D eigenvalue weighted by atomic mass is 16.5. The summed E-state index contributed by atoms with van der Waals surface area (Å²) in [5, 5.41) is 0. The molecule has 0 aliphatic carbocycles. The number of rotatable bonds is 4. The van der Waals surface area contributed by atoms with Gasteiger partial charge in [0.15, 0.2) is 0 Å². The first kappa shape index (κ1) is 11.4. The lowest BCUT2D eigenvalue weighted by Crippen LogP contribution is -2.33. The fourth-order valence-corrected chi connectivity index (χ4v) is 1.98. The highest BCUT2D eigenvalue weighted by Crippen LogP contribution is 2.23. The van der Waals surface area contributed by atoms with Crippen LogP contribution in [0.25, 0.3) is 0 Å². The number of benzene rings is 1. The van der Waals surface area contributed by atoms with Gasteiger partial charge in [-0.2, -0.15) is 0 Å². The van der Waals surface area contributed by atoms with Crippen molar-refractivity contribution in [2.24, 2.45) is 0 Å². The molecule has 1 heterocycles. The summed E-state index contributed by atoms with van der Waals surface area (Å²) >= 11 is 0. The van der Waals surface area contributed by atoms with Crippen LogP contribution < -0.4 is 4.74 Å². The van der Waals surface area contributed by atoms with Crippen molar-refractivity contribution in [2.75, 3.05) is 33.9 Å². The summed E-state index contributed by atoms with van der Waals surface area (Å²) in [6.45, 7) is 3.98. The number of fused-ring (bicyclic) bond motifs is 1. The molecule has 16 heavy (non-hydrogen) atoms. The van der Waals surface area contributed by atoms with Crippen LogP contribution in [-0.2, 0) is 6.54 Å². The molecule has 0 amide bonds. The first-order valence-electron chi connectivity index (χ1n) is 5.83. The van der Waals surface area contributed by atoms with E-state index in [-0.39, 0.29) is 0 Å². The standard InChI is InChI=1S/C13H20N2O/c1-14(2)8-5-9-15-10-12-6-3-4-7-13(12)16-11-15/h3-4,6-7H,5,8-11H2,1-2H3. The third kappa shape index (κ3) is 2.97. The molecule has 1 aliphatic heterocycles. The maximum Gasteiger partial charge on any atom is 0.142 e. The Bertz CT molecular complexity index is 338. The molecule has 0 saturated heterocycles. The SMILES string of the molecule is CN(C)CCCN1COc2ccccc2C1. The first-order chi connectivity index (χ1) is 7.75. The predicted octanol–water partition coefficient (Wildman–Crippen LogP) is 1.79. The molecule has 0 aromatic heterocycles. The molecule has 0 unspecified atom stereocenters. The highest BCUT2D eigenvalue weighted by Gasteiger charge is 2.15. The van der Waals surface area contributed by atoms with E-state index in [1.54, 1.807) is 0 Å². The zero-order valence-corrected chi connectivity index (χ0v) is 10.1. The quantitative estimate of drug-likeness (QED) is 0.769. The Labute approximate surface area is 97.6 Å². The average Bonchev–Trinajstić information content (AvgIpc) is 2.28. The maximum absolute atomic E-state index is 5.71. The highest BCUT2D eigenvalue weighted by molar-refractivity contribution is 5.34. The minimum Gasteiger partial charge on any atom is -0.478 e. The van der Waals surface area contributed by atoms with Gasteiger partial charge in [-0.1, -0.05) is 18.2 Å². The van der Waals surface area contributed by atoms with Gasteiger partial charge in [-0.05, 0) is 33.1 Å². The van der Waals surface area contributed by atoms with E-state index in [0.717, 1.165) is 32.1 Å².